The Morgan fingerprint density at radius 3 is 2.81 bits per heavy atom. The van der Waals surface area contributed by atoms with Crippen LogP contribution in [0.4, 0.5) is 4.39 Å². The van der Waals surface area contributed by atoms with E-state index in [0.717, 1.165) is 8.95 Å². The lowest BCUT2D eigenvalue weighted by Crippen LogP contribution is -2.16. The van der Waals surface area contributed by atoms with Crippen molar-refractivity contribution < 1.29 is 9.13 Å². The number of nitrogens with zero attached hydrogens (tertiary/aromatic N) is 1. The number of hydrogen-bond donors (Lipinski definition) is 1. The van der Waals surface area contributed by atoms with Crippen LogP contribution < -0.4 is 10.1 Å². The Kier molecular flexibility index (Phi) is 4.57. The van der Waals surface area contributed by atoms with Crippen molar-refractivity contribution in [3.05, 3.63) is 50.8 Å². The number of aromatic nitrogens is 1. The summed E-state index contributed by atoms with van der Waals surface area (Å²) in [5.74, 6) is 0.102. The van der Waals surface area contributed by atoms with Gasteiger partial charge in [-0.25, -0.2) is 9.37 Å². The Morgan fingerprint density at radius 1 is 1.29 bits per heavy atom. The molecule has 0 aliphatic heterocycles. The van der Waals surface area contributed by atoms with E-state index in [1.165, 1.54) is 12.8 Å². The zero-order chi connectivity index (χ0) is 14.8. The van der Waals surface area contributed by atoms with E-state index in [1.54, 1.807) is 18.3 Å². The molecule has 2 aromatic rings. The standard InChI is InChI=1S/C15H13Br2FN2O/c16-10-1-4-13(12(17)7-10)21-15-14(18)9(5-6-19-15)8-20-11-2-3-11/h1,4-7,11,20H,2-3,8H2. The van der Waals surface area contributed by atoms with Gasteiger partial charge in [0.15, 0.2) is 5.82 Å². The molecule has 1 heterocycles. The van der Waals surface area contributed by atoms with Gasteiger partial charge in [0.1, 0.15) is 5.75 Å². The van der Waals surface area contributed by atoms with Crippen molar-refractivity contribution in [2.45, 2.75) is 25.4 Å². The zero-order valence-electron chi connectivity index (χ0n) is 11.1. The Balaban J connectivity index is 1.79. The molecule has 0 amide bonds. The summed E-state index contributed by atoms with van der Waals surface area (Å²) in [5.41, 5.74) is 0.570. The number of benzene rings is 1. The van der Waals surface area contributed by atoms with Crippen LogP contribution in [-0.4, -0.2) is 11.0 Å². The Bertz CT molecular complexity index is 662. The first-order valence-electron chi connectivity index (χ1n) is 6.63. The van der Waals surface area contributed by atoms with Crippen molar-refractivity contribution in [1.29, 1.82) is 0 Å². The second-order valence-electron chi connectivity index (χ2n) is 4.92. The summed E-state index contributed by atoms with van der Waals surface area (Å²) in [4.78, 5) is 3.98. The van der Waals surface area contributed by atoms with Crippen molar-refractivity contribution in [3.8, 4) is 11.6 Å². The number of halogens is 3. The second kappa shape index (κ2) is 6.42. The lowest BCUT2D eigenvalue weighted by atomic mass is 10.2. The van der Waals surface area contributed by atoms with Gasteiger partial charge in [0, 0.05) is 28.8 Å². The second-order valence-corrected chi connectivity index (χ2v) is 6.69. The van der Waals surface area contributed by atoms with Crippen LogP contribution in [0.15, 0.2) is 39.4 Å². The highest BCUT2D eigenvalue weighted by molar-refractivity contribution is 9.11. The fourth-order valence-corrected chi connectivity index (χ4v) is 3.00. The summed E-state index contributed by atoms with van der Waals surface area (Å²) in [7, 11) is 0. The molecule has 0 unspecified atom stereocenters. The molecule has 1 aromatic carbocycles. The van der Waals surface area contributed by atoms with Crippen LogP contribution in [0.5, 0.6) is 11.6 Å². The third-order valence-corrected chi connectivity index (χ3v) is 4.31. The maximum atomic E-state index is 14.4. The summed E-state index contributed by atoms with van der Waals surface area (Å²) >= 11 is 6.75. The van der Waals surface area contributed by atoms with Crippen LogP contribution in [0.2, 0.25) is 0 Å². The molecule has 1 N–H and O–H groups in total. The lowest BCUT2D eigenvalue weighted by molar-refractivity contribution is 0.415. The first-order chi connectivity index (χ1) is 10.1. The molecular formula is C15H13Br2FN2O. The number of hydrogen-bond acceptors (Lipinski definition) is 3. The van der Waals surface area contributed by atoms with Crippen LogP contribution >= 0.6 is 31.9 Å². The van der Waals surface area contributed by atoms with Gasteiger partial charge >= 0.3 is 0 Å². The zero-order valence-corrected chi connectivity index (χ0v) is 14.2. The molecular weight excluding hydrogens is 403 g/mol. The Labute approximate surface area is 139 Å². The molecule has 1 saturated carbocycles. The molecule has 110 valence electrons. The van der Waals surface area contributed by atoms with Crippen molar-refractivity contribution >= 4 is 31.9 Å². The number of ether oxygens (including phenoxy) is 1. The molecule has 0 spiro atoms. The Morgan fingerprint density at radius 2 is 2.10 bits per heavy atom. The minimum atomic E-state index is -0.416. The van der Waals surface area contributed by atoms with Crippen LogP contribution in [0, 0.1) is 5.82 Å². The van der Waals surface area contributed by atoms with E-state index in [1.807, 2.05) is 12.1 Å². The van der Waals surface area contributed by atoms with Crippen LogP contribution in [-0.2, 0) is 6.54 Å². The predicted octanol–water partition coefficient (Wildman–Crippen LogP) is 4.79. The maximum Gasteiger partial charge on any atom is 0.256 e. The van der Waals surface area contributed by atoms with Crippen molar-refractivity contribution in [1.82, 2.24) is 10.3 Å². The molecule has 1 fully saturated rings. The van der Waals surface area contributed by atoms with E-state index in [4.69, 9.17) is 4.74 Å². The summed E-state index contributed by atoms with van der Waals surface area (Å²) in [5, 5.41) is 3.28. The average molecular weight is 416 g/mol. The summed E-state index contributed by atoms with van der Waals surface area (Å²) in [6.07, 6.45) is 3.90. The van der Waals surface area contributed by atoms with E-state index >= 15 is 0 Å². The van der Waals surface area contributed by atoms with Gasteiger partial charge < -0.3 is 10.1 Å². The molecule has 0 radical (unpaired) electrons. The molecule has 1 aliphatic rings. The minimum Gasteiger partial charge on any atom is -0.435 e. The van der Waals surface area contributed by atoms with Crippen molar-refractivity contribution in [3.63, 3.8) is 0 Å². The Hall–Kier alpha value is -0.980. The number of pyridine rings is 1. The molecule has 6 heteroatoms. The fraction of sp³-hybridized carbons (Fsp3) is 0.267. The third kappa shape index (κ3) is 3.81. The van der Waals surface area contributed by atoms with Gasteiger partial charge in [0.2, 0.25) is 0 Å². The summed E-state index contributed by atoms with van der Waals surface area (Å²) in [6, 6.07) is 7.63. The topological polar surface area (TPSA) is 34.2 Å². The fourth-order valence-electron chi connectivity index (χ4n) is 1.87. The van der Waals surface area contributed by atoms with Gasteiger partial charge in [-0.3, -0.25) is 0 Å². The van der Waals surface area contributed by atoms with E-state index in [-0.39, 0.29) is 5.88 Å². The normalized spacial score (nSPS) is 14.2. The monoisotopic (exact) mass is 414 g/mol. The van der Waals surface area contributed by atoms with E-state index < -0.39 is 5.82 Å². The van der Waals surface area contributed by atoms with Crippen molar-refractivity contribution in [2.75, 3.05) is 0 Å². The molecule has 1 aromatic heterocycles. The summed E-state index contributed by atoms with van der Waals surface area (Å²) in [6.45, 7) is 0.497. The van der Waals surface area contributed by atoms with Gasteiger partial charge in [-0.05, 0) is 53.0 Å². The maximum absolute atomic E-state index is 14.4. The molecule has 0 atom stereocenters. The largest absolute Gasteiger partial charge is 0.435 e. The highest BCUT2D eigenvalue weighted by Gasteiger charge is 2.21. The van der Waals surface area contributed by atoms with E-state index in [9.17, 15) is 4.39 Å². The van der Waals surface area contributed by atoms with Crippen LogP contribution in [0.3, 0.4) is 0 Å². The first kappa shape index (κ1) is 14.9. The average Bonchev–Trinajstić information content (AvgIpc) is 3.27. The van der Waals surface area contributed by atoms with Gasteiger partial charge in [0.25, 0.3) is 5.88 Å². The highest BCUT2D eigenvalue weighted by Crippen LogP contribution is 2.32. The molecule has 3 rings (SSSR count). The lowest BCUT2D eigenvalue weighted by Gasteiger charge is -2.10. The molecule has 21 heavy (non-hydrogen) atoms. The van der Waals surface area contributed by atoms with Crippen LogP contribution in [0.25, 0.3) is 0 Å². The predicted molar refractivity (Wildman–Crippen MR) is 86.0 cm³/mol. The molecule has 0 bridgehead atoms. The third-order valence-electron chi connectivity index (χ3n) is 3.20. The highest BCUT2D eigenvalue weighted by atomic mass is 79.9. The molecule has 3 nitrogen and oxygen atoms in total. The first-order valence-corrected chi connectivity index (χ1v) is 8.22. The number of rotatable bonds is 5. The minimum absolute atomic E-state index is 0.00637. The van der Waals surface area contributed by atoms with Gasteiger partial charge in [0.05, 0.1) is 4.47 Å². The van der Waals surface area contributed by atoms with Gasteiger partial charge in [-0.1, -0.05) is 15.9 Å². The van der Waals surface area contributed by atoms with Crippen LogP contribution in [0.1, 0.15) is 18.4 Å². The van der Waals surface area contributed by atoms with Gasteiger partial charge in [-0.15, -0.1) is 0 Å². The van der Waals surface area contributed by atoms with Gasteiger partial charge in [-0.2, -0.15) is 0 Å². The molecule has 1 aliphatic carbocycles. The summed E-state index contributed by atoms with van der Waals surface area (Å²) < 4.78 is 21.6. The molecule has 0 saturated heterocycles. The smallest absolute Gasteiger partial charge is 0.256 e. The van der Waals surface area contributed by atoms with E-state index in [2.05, 4.69) is 42.2 Å². The van der Waals surface area contributed by atoms with E-state index in [0.29, 0.717) is 23.9 Å². The van der Waals surface area contributed by atoms with Crippen molar-refractivity contribution in [2.24, 2.45) is 0 Å². The SMILES string of the molecule is Fc1c(CNC2CC2)ccnc1Oc1ccc(Br)cc1Br. The number of nitrogens with one attached hydrogen (secondary N) is 1. The quantitative estimate of drug-likeness (QED) is 0.762.